The molecule has 0 spiro atoms. The van der Waals surface area contributed by atoms with Crippen LogP contribution in [-0.4, -0.2) is 80.0 Å². The van der Waals surface area contributed by atoms with Gasteiger partial charge in [0, 0.05) is 5.39 Å². The predicted molar refractivity (Wildman–Crippen MR) is 169 cm³/mol. The van der Waals surface area contributed by atoms with E-state index >= 15 is 0 Å². The number of aromatic nitrogens is 4. The molecule has 0 amide bonds. The number of carbonyl (C=O) groups excluding carboxylic acids is 1. The Kier molecular flexibility index (Phi) is 9.31. The van der Waals surface area contributed by atoms with Crippen molar-refractivity contribution in [2.75, 3.05) is 32.2 Å². The Labute approximate surface area is 266 Å². The van der Waals surface area contributed by atoms with Gasteiger partial charge >= 0.3 is 13.6 Å². The van der Waals surface area contributed by atoms with E-state index in [2.05, 4.69) is 15.0 Å². The van der Waals surface area contributed by atoms with Gasteiger partial charge in [0.05, 0.1) is 38.7 Å². The standard InChI is InChI=1S/C31H40N5O9P/c1-18(27(38)42-16-30(2,3)4)15-46(40,45-21-13-9-11-19-10-7-8-12-20(19)21)43-14-22-24(37)31(5,39)28(44-22)36-17-33-23-25(36)34-29(32)35-26(23)41-6/h7-13,17-18,22,24,28,37,39H,14-16H2,1-6H3,(H2,32,34,35)/t18-,22-,24-,28-,31-,46?/m1/s1. The number of benzene rings is 2. The number of hydrogen-bond acceptors (Lipinski definition) is 13. The number of nitrogens with two attached hydrogens (primary N) is 1. The summed E-state index contributed by atoms with van der Waals surface area (Å²) >= 11 is 0. The number of fused-ring (bicyclic) bond motifs is 2. The number of imidazole rings is 1. The van der Waals surface area contributed by atoms with Crippen molar-refractivity contribution in [1.29, 1.82) is 0 Å². The van der Waals surface area contributed by atoms with Gasteiger partial charge in [-0.1, -0.05) is 64.1 Å². The molecule has 2 aromatic heterocycles. The average Bonchev–Trinajstić information content (AvgIpc) is 3.51. The Balaban J connectivity index is 1.40. The Morgan fingerprint density at radius 2 is 1.91 bits per heavy atom. The molecule has 0 aliphatic carbocycles. The van der Waals surface area contributed by atoms with Crippen LogP contribution in [0.2, 0.25) is 0 Å². The van der Waals surface area contributed by atoms with Gasteiger partial charge in [-0.15, -0.1) is 0 Å². The van der Waals surface area contributed by atoms with Crippen LogP contribution in [0.3, 0.4) is 0 Å². The molecule has 1 fully saturated rings. The SMILES string of the molecule is COc1nc(N)nc2c1ncn2[C@@H]1O[C@H](COP(=O)(C[C@@H](C)C(=O)OCC(C)(C)C)Oc2cccc3ccccc23)[C@@H](O)[C@@]1(C)O. The van der Waals surface area contributed by atoms with E-state index in [4.69, 9.17) is 29.0 Å². The molecule has 1 unspecified atom stereocenters. The number of nitrogen functional groups attached to an aromatic ring is 1. The molecule has 4 aromatic rings. The molecule has 2 aromatic carbocycles. The zero-order chi connectivity index (χ0) is 33.4. The predicted octanol–water partition coefficient (Wildman–Crippen LogP) is 4.09. The molecule has 4 N–H and O–H groups in total. The molecule has 15 heteroatoms. The van der Waals surface area contributed by atoms with Crippen molar-refractivity contribution in [3.05, 3.63) is 48.8 Å². The van der Waals surface area contributed by atoms with E-state index in [1.807, 2.05) is 51.1 Å². The van der Waals surface area contributed by atoms with E-state index in [-0.39, 0.29) is 41.2 Å². The van der Waals surface area contributed by atoms with Crippen molar-refractivity contribution in [3.63, 3.8) is 0 Å². The second-order valence-electron chi connectivity index (χ2n) is 12.8. The summed E-state index contributed by atoms with van der Waals surface area (Å²) in [6, 6.07) is 12.7. The van der Waals surface area contributed by atoms with Crippen molar-refractivity contribution in [3.8, 4) is 11.6 Å². The van der Waals surface area contributed by atoms with Gasteiger partial charge < -0.3 is 34.7 Å². The Bertz CT molecular complexity index is 1770. The van der Waals surface area contributed by atoms with Crippen LogP contribution in [-0.2, 0) is 23.4 Å². The largest absolute Gasteiger partial charge is 0.479 e. The van der Waals surface area contributed by atoms with E-state index in [9.17, 15) is 19.6 Å². The molecule has 6 atom stereocenters. The quantitative estimate of drug-likeness (QED) is 0.155. The fourth-order valence-electron chi connectivity index (χ4n) is 5.17. The lowest BCUT2D eigenvalue weighted by Gasteiger charge is -2.27. The lowest BCUT2D eigenvalue weighted by molar-refractivity contribution is -0.150. The number of esters is 1. The fourth-order valence-corrected chi connectivity index (χ4v) is 7.05. The summed E-state index contributed by atoms with van der Waals surface area (Å²) in [6.45, 7) is 8.49. The monoisotopic (exact) mass is 657 g/mol. The summed E-state index contributed by atoms with van der Waals surface area (Å²) in [5.41, 5.74) is 4.19. The average molecular weight is 658 g/mol. The first-order chi connectivity index (χ1) is 21.6. The number of aliphatic hydroxyl groups excluding tert-OH is 1. The molecular weight excluding hydrogens is 617 g/mol. The summed E-state index contributed by atoms with van der Waals surface area (Å²) in [5, 5.41) is 24.1. The lowest BCUT2D eigenvalue weighted by Crippen LogP contribution is -2.44. The van der Waals surface area contributed by atoms with E-state index in [0.29, 0.717) is 11.1 Å². The third-order valence-electron chi connectivity index (χ3n) is 7.58. The maximum absolute atomic E-state index is 14.4. The van der Waals surface area contributed by atoms with Crippen molar-refractivity contribution < 1.29 is 42.8 Å². The highest BCUT2D eigenvalue weighted by Crippen LogP contribution is 2.52. The Hall–Kier alpha value is -3.81. The van der Waals surface area contributed by atoms with E-state index in [1.165, 1.54) is 24.9 Å². The number of anilines is 1. The second-order valence-corrected chi connectivity index (χ2v) is 14.9. The molecule has 248 valence electrons. The first-order valence-corrected chi connectivity index (χ1v) is 16.5. The molecule has 1 saturated heterocycles. The number of hydrogen-bond donors (Lipinski definition) is 3. The van der Waals surface area contributed by atoms with Crippen molar-refractivity contribution in [2.24, 2.45) is 11.3 Å². The highest BCUT2D eigenvalue weighted by molar-refractivity contribution is 7.54. The van der Waals surface area contributed by atoms with Crippen LogP contribution in [0.5, 0.6) is 11.6 Å². The van der Waals surface area contributed by atoms with Crippen molar-refractivity contribution in [1.82, 2.24) is 19.5 Å². The summed E-state index contributed by atoms with van der Waals surface area (Å²) in [6.07, 6.45) is -2.84. The van der Waals surface area contributed by atoms with Gasteiger partial charge in [0.15, 0.2) is 17.4 Å². The Morgan fingerprint density at radius 1 is 1.20 bits per heavy atom. The van der Waals surface area contributed by atoms with Crippen LogP contribution in [0.4, 0.5) is 5.95 Å². The fraction of sp³-hybridized carbons (Fsp3) is 0.484. The van der Waals surface area contributed by atoms with Crippen molar-refractivity contribution in [2.45, 2.75) is 58.7 Å². The van der Waals surface area contributed by atoms with Crippen LogP contribution in [0.25, 0.3) is 21.9 Å². The van der Waals surface area contributed by atoms with Crippen LogP contribution in [0.15, 0.2) is 48.8 Å². The maximum Gasteiger partial charge on any atom is 0.380 e. The summed E-state index contributed by atoms with van der Waals surface area (Å²) in [5.74, 6) is -1.08. The molecule has 3 heterocycles. The zero-order valence-electron chi connectivity index (χ0n) is 26.6. The molecule has 0 saturated carbocycles. The van der Waals surface area contributed by atoms with Crippen LogP contribution < -0.4 is 15.0 Å². The molecule has 14 nitrogen and oxygen atoms in total. The number of aliphatic hydroxyl groups is 2. The first kappa shape index (κ1) is 33.6. The van der Waals surface area contributed by atoms with Crippen LogP contribution in [0.1, 0.15) is 40.8 Å². The highest BCUT2D eigenvalue weighted by Gasteiger charge is 2.54. The van der Waals surface area contributed by atoms with Gasteiger partial charge in [0.2, 0.25) is 11.8 Å². The second kappa shape index (κ2) is 12.8. The molecule has 0 bridgehead atoms. The summed E-state index contributed by atoms with van der Waals surface area (Å²) in [4.78, 5) is 25.4. The molecule has 0 radical (unpaired) electrons. The molecule has 1 aliphatic heterocycles. The number of rotatable bonds is 11. The van der Waals surface area contributed by atoms with Gasteiger partial charge in [-0.05, 0) is 23.8 Å². The van der Waals surface area contributed by atoms with Gasteiger partial charge in [-0.2, -0.15) is 9.97 Å². The minimum absolute atomic E-state index is 0.0918. The van der Waals surface area contributed by atoms with Gasteiger partial charge in [0.1, 0.15) is 23.6 Å². The van der Waals surface area contributed by atoms with Gasteiger partial charge in [-0.25, -0.2) is 9.55 Å². The van der Waals surface area contributed by atoms with E-state index < -0.39 is 50.1 Å². The number of carbonyl (C=O) groups is 1. The minimum Gasteiger partial charge on any atom is -0.479 e. The summed E-state index contributed by atoms with van der Waals surface area (Å²) < 4.78 is 44.7. The minimum atomic E-state index is -4.12. The normalized spacial score (nSPS) is 23.7. The lowest BCUT2D eigenvalue weighted by atomic mass is 9.96. The Morgan fingerprint density at radius 3 is 2.63 bits per heavy atom. The first-order valence-electron chi connectivity index (χ1n) is 14.8. The van der Waals surface area contributed by atoms with E-state index in [0.717, 1.165) is 5.39 Å². The zero-order valence-corrected chi connectivity index (χ0v) is 27.5. The van der Waals surface area contributed by atoms with Gasteiger partial charge in [0.25, 0.3) is 0 Å². The molecular formula is C31H40N5O9P. The summed E-state index contributed by atoms with van der Waals surface area (Å²) in [7, 11) is -2.72. The smallest absolute Gasteiger partial charge is 0.380 e. The number of ether oxygens (including phenoxy) is 3. The van der Waals surface area contributed by atoms with Crippen molar-refractivity contribution >= 4 is 41.4 Å². The highest BCUT2D eigenvalue weighted by atomic mass is 31.2. The van der Waals surface area contributed by atoms with E-state index in [1.54, 1.807) is 19.1 Å². The molecule has 5 rings (SSSR count). The molecule has 46 heavy (non-hydrogen) atoms. The molecule has 1 aliphatic rings. The third-order valence-corrected chi connectivity index (χ3v) is 9.59. The van der Waals surface area contributed by atoms with Crippen LogP contribution >= 0.6 is 7.60 Å². The maximum atomic E-state index is 14.4. The number of methoxy groups -OCH3 is 1. The van der Waals surface area contributed by atoms with Gasteiger partial charge in [-0.3, -0.25) is 13.9 Å². The number of nitrogens with zero attached hydrogens (tertiary/aromatic N) is 4. The van der Waals surface area contributed by atoms with Crippen LogP contribution in [0, 0.1) is 11.3 Å². The third kappa shape index (κ3) is 6.96. The topological polar surface area (TPSA) is 190 Å².